The molecule has 1 N–H and O–H groups in total. The highest BCUT2D eigenvalue weighted by atomic mass is 35.5. The number of nitrogens with zero attached hydrogens (tertiary/aromatic N) is 4. The van der Waals surface area contributed by atoms with Gasteiger partial charge in [0.2, 0.25) is 11.7 Å². The highest BCUT2D eigenvalue weighted by Gasteiger charge is 2.28. The minimum atomic E-state index is -0.0685. The average Bonchev–Trinajstić information content (AvgIpc) is 3.01. The molecule has 128 valence electrons. The van der Waals surface area contributed by atoms with Crippen molar-refractivity contribution in [2.24, 2.45) is 11.8 Å². The predicted octanol–water partition coefficient (Wildman–Crippen LogP) is 2.93. The van der Waals surface area contributed by atoms with Crippen LogP contribution in [0.25, 0.3) is 11.4 Å². The molecule has 7 heteroatoms. The Bertz CT molecular complexity index is 699. The number of hydrogen-bond acceptors (Lipinski definition) is 4. The Morgan fingerprint density at radius 1 is 1.29 bits per heavy atom. The van der Waals surface area contributed by atoms with E-state index in [9.17, 15) is 4.79 Å². The number of rotatable bonds is 4. The van der Waals surface area contributed by atoms with Gasteiger partial charge in [-0.05, 0) is 47.7 Å². The van der Waals surface area contributed by atoms with Crippen LogP contribution in [0.2, 0.25) is 5.02 Å². The average molecular weight is 348 g/mol. The Morgan fingerprint density at radius 2 is 2.04 bits per heavy atom. The molecule has 1 aromatic heterocycles. The van der Waals surface area contributed by atoms with Crippen LogP contribution in [-0.4, -0.2) is 32.2 Å². The van der Waals surface area contributed by atoms with E-state index in [0.717, 1.165) is 12.0 Å². The van der Waals surface area contributed by atoms with Crippen molar-refractivity contribution in [3.63, 3.8) is 0 Å². The number of halogens is 1. The topological polar surface area (TPSA) is 72.7 Å². The van der Waals surface area contributed by atoms with Crippen molar-refractivity contribution >= 4 is 17.5 Å². The fourth-order valence-corrected chi connectivity index (χ4v) is 3.32. The summed E-state index contributed by atoms with van der Waals surface area (Å²) in [6.45, 7) is 4.54. The van der Waals surface area contributed by atoms with E-state index < -0.39 is 0 Å². The standard InChI is InChI=1S/C17H22ClN5O/c1-11-4-3-5-15(12(11)2)19-16(24)10-23-21-17(20-22-23)13-6-8-14(18)9-7-13/h6-9,11-12,15H,3-5,10H2,1-2H3,(H,19,24). The molecule has 0 radical (unpaired) electrons. The number of aromatic nitrogens is 4. The third kappa shape index (κ3) is 3.93. The monoisotopic (exact) mass is 347 g/mol. The van der Waals surface area contributed by atoms with Gasteiger partial charge in [-0.15, -0.1) is 10.2 Å². The van der Waals surface area contributed by atoms with Crippen LogP contribution in [-0.2, 0) is 11.3 Å². The molecule has 1 aromatic carbocycles. The Labute approximate surface area is 146 Å². The molecule has 0 bridgehead atoms. The maximum absolute atomic E-state index is 12.3. The van der Waals surface area contributed by atoms with E-state index in [2.05, 4.69) is 34.6 Å². The normalized spacial score (nSPS) is 23.9. The Morgan fingerprint density at radius 3 is 2.79 bits per heavy atom. The van der Waals surface area contributed by atoms with E-state index in [0.29, 0.717) is 22.7 Å². The van der Waals surface area contributed by atoms with E-state index in [-0.39, 0.29) is 18.5 Å². The summed E-state index contributed by atoms with van der Waals surface area (Å²) in [6.07, 6.45) is 3.44. The molecular formula is C17H22ClN5O. The van der Waals surface area contributed by atoms with Gasteiger partial charge in [0.15, 0.2) is 0 Å². The first-order chi connectivity index (χ1) is 11.5. The summed E-state index contributed by atoms with van der Waals surface area (Å²) in [5.41, 5.74) is 0.820. The van der Waals surface area contributed by atoms with Gasteiger partial charge >= 0.3 is 0 Å². The lowest BCUT2D eigenvalue weighted by molar-refractivity contribution is -0.123. The summed E-state index contributed by atoms with van der Waals surface area (Å²) in [6, 6.07) is 7.44. The molecule has 1 amide bonds. The van der Waals surface area contributed by atoms with E-state index in [1.807, 2.05) is 12.1 Å². The van der Waals surface area contributed by atoms with Crippen molar-refractivity contribution in [1.82, 2.24) is 25.5 Å². The maximum atomic E-state index is 12.3. The molecule has 3 unspecified atom stereocenters. The van der Waals surface area contributed by atoms with Crippen molar-refractivity contribution < 1.29 is 4.79 Å². The van der Waals surface area contributed by atoms with E-state index in [1.165, 1.54) is 17.6 Å². The predicted molar refractivity (Wildman–Crippen MR) is 92.4 cm³/mol. The summed E-state index contributed by atoms with van der Waals surface area (Å²) < 4.78 is 0. The molecule has 1 aliphatic rings. The van der Waals surface area contributed by atoms with Crippen LogP contribution in [0.1, 0.15) is 33.1 Å². The molecule has 6 nitrogen and oxygen atoms in total. The van der Waals surface area contributed by atoms with Crippen molar-refractivity contribution in [2.45, 2.75) is 45.7 Å². The number of amides is 1. The molecule has 0 aliphatic heterocycles. The summed E-state index contributed by atoms with van der Waals surface area (Å²) in [4.78, 5) is 13.6. The molecular weight excluding hydrogens is 326 g/mol. The second-order valence-electron chi connectivity index (χ2n) is 6.59. The molecule has 24 heavy (non-hydrogen) atoms. The number of benzene rings is 1. The molecule has 0 spiro atoms. The lowest BCUT2D eigenvalue weighted by atomic mass is 9.78. The van der Waals surface area contributed by atoms with Crippen molar-refractivity contribution in [1.29, 1.82) is 0 Å². The lowest BCUT2D eigenvalue weighted by Gasteiger charge is -2.34. The highest BCUT2D eigenvalue weighted by molar-refractivity contribution is 6.30. The second kappa shape index (κ2) is 7.30. The number of carbonyl (C=O) groups excluding carboxylic acids is 1. The van der Waals surface area contributed by atoms with Crippen molar-refractivity contribution in [3.8, 4) is 11.4 Å². The van der Waals surface area contributed by atoms with Gasteiger partial charge in [-0.3, -0.25) is 4.79 Å². The zero-order valence-corrected chi connectivity index (χ0v) is 14.7. The maximum Gasteiger partial charge on any atom is 0.243 e. The number of tetrazole rings is 1. The molecule has 0 saturated heterocycles. The fraction of sp³-hybridized carbons (Fsp3) is 0.529. The van der Waals surface area contributed by atoms with Crippen LogP contribution in [0.15, 0.2) is 24.3 Å². The summed E-state index contributed by atoms with van der Waals surface area (Å²) >= 11 is 5.87. The van der Waals surface area contributed by atoms with Gasteiger partial charge in [0, 0.05) is 16.6 Å². The van der Waals surface area contributed by atoms with Crippen LogP contribution in [0, 0.1) is 11.8 Å². The minimum Gasteiger partial charge on any atom is -0.351 e. The van der Waals surface area contributed by atoms with Crippen LogP contribution >= 0.6 is 11.6 Å². The summed E-state index contributed by atoms with van der Waals surface area (Å²) in [5, 5.41) is 16.0. The third-order valence-corrected chi connectivity index (χ3v) is 5.15. The fourth-order valence-electron chi connectivity index (χ4n) is 3.19. The second-order valence-corrected chi connectivity index (χ2v) is 7.03. The lowest BCUT2D eigenvalue weighted by Crippen LogP contribution is -2.45. The van der Waals surface area contributed by atoms with Gasteiger partial charge in [-0.1, -0.05) is 38.3 Å². The van der Waals surface area contributed by atoms with E-state index in [4.69, 9.17) is 11.6 Å². The summed E-state index contributed by atoms with van der Waals surface area (Å²) in [5.74, 6) is 1.56. The Hall–Kier alpha value is -1.95. The first-order valence-corrected chi connectivity index (χ1v) is 8.74. The number of hydrogen-bond donors (Lipinski definition) is 1. The molecule has 1 saturated carbocycles. The van der Waals surface area contributed by atoms with Crippen LogP contribution in [0.5, 0.6) is 0 Å². The zero-order chi connectivity index (χ0) is 17.1. The quantitative estimate of drug-likeness (QED) is 0.922. The zero-order valence-electron chi connectivity index (χ0n) is 13.9. The van der Waals surface area contributed by atoms with Crippen molar-refractivity contribution in [2.75, 3.05) is 0 Å². The smallest absolute Gasteiger partial charge is 0.243 e. The molecule has 1 fully saturated rings. The van der Waals surface area contributed by atoms with Crippen LogP contribution < -0.4 is 5.32 Å². The molecule has 2 aromatic rings. The van der Waals surface area contributed by atoms with Gasteiger partial charge in [0.1, 0.15) is 6.54 Å². The van der Waals surface area contributed by atoms with Crippen LogP contribution in [0.3, 0.4) is 0 Å². The minimum absolute atomic E-state index is 0.0685. The third-order valence-electron chi connectivity index (χ3n) is 4.89. The van der Waals surface area contributed by atoms with Gasteiger partial charge in [-0.2, -0.15) is 4.80 Å². The van der Waals surface area contributed by atoms with Gasteiger partial charge in [-0.25, -0.2) is 0 Å². The van der Waals surface area contributed by atoms with Crippen molar-refractivity contribution in [3.05, 3.63) is 29.3 Å². The molecule has 3 atom stereocenters. The SMILES string of the molecule is CC1CCCC(NC(=O)Cn2nnc(-c3ccc(Cl)cc3)n2)C1C. The van der Waals surface area contributed by atoms with Crippen LogP contribution in [0.4, 0.5) is 0 Å². The molecule has 1 aliphatic carbocycles. The molecule has 1 heterocycles. The largest absolute Gasteiger partial charge is 0.351 e. The first kappa shape index (κ1) is 16.9. The first-order valence-electron chi connectivity index (χ1n) is 8.36. The van der Waals surface area contributed by atoms with E-state index in [1.54, 1.807) is 12.1 Å². The highest BCUT2D eigenvalue weighted by Crippen LogP contribution is 2.29. The van der Waals surface area contributed by atoms with Gasteiger partial charge < -0.3 is 5.32 Å². The number of carbonyl (C=O) groups is 1. The number of nitrogens with one attached hydrogen (secondary N) is 1. The summed E-state index contributed by atoms with van der Waals surface area (Å²) in [7, 11) is 0. The van der Waals surface area contributed by atoms with Gasteiger partial charge in [0.25, 0.3) is 0 Å². The Balaban J connectivity index is 1.60. The Kier molecular flexibility index (Phi) is 5.14. The van der Waals surface area contributed by atoms with Gasteiger partial charge in [0.05, 0.1) is 0 Å². The van der Waals surface area contributed by atoms with E-state index >= 15 is 0 Å². The molecule has 3 rings (SSSR count).